The molecule has 0 saturated carbocycles. The maximum atomic E-state index is 12.1. The van der Waals surface area contributed by atoms with E-state index < -0.39 is 0 Å². The second kappa shape index (κ2) is 7.62. The van der Waals surface area contributed by atoms with Gasteiger partial charge in [0.05, 0.1) is 22.2 Å². The predicted molar refractivity (Wildman–Crippen MR) is 102 cm³/mol. The molecule has 0 bridgehead atoms. The number of carbonyl (C=O) groups is 1. The molecule has 2 aromatic rings. The molecule has 0 unspecified atom stereocenters. The molecule has 3 rings (SSSR count). The molecule has 0 aliphatic carbocycles. The number of carbonyl (C=O) groups excluding carboxylic acids is 1. The van der Waals surface area contributed by atoms with Gasteiger partial charge in [-0.2, -0.15) is 0 Å². The van der Waals surface area contributed by atoms with Crippen molar-refractivity contribution >= 4 is 68.4 Å². The third-order valence-corrected chi connectivity index (χ3v) is 5.89. The highest BCUT2D eigenvalue weighted by atomic mass is 35.5. The van der Waals surface area contributed by atoms with Crippen LogP contribution in [0.5, 0.6) is 0 Å². The standard InChI is InChI=1S/C16H12Cl2N2OS2/c17-11-5-6-12(18)14(7-11)19-15(21)9-23-16-20-13-4-2-1-3-10(13)8-22-16/h1-7H,8-9H2,(H,19,21). The summed E-state index contributed by atoms with van der Waals surface area (Å²) < 4.78 is 0.899. The summed E-state index contributed by atoms with van der Waals surface area (Å²) in [6, 6.07) is 13.0. The fourth-order valence-electron chi connectivity index (χ4n) is 1.99. The third-order valence-electron chi connectivity index (χ3n) is 3.08. The number of rotatable bonds is 3. The van der Waals surface area contributed by atoms with E-state index in [1.165, 1.54) is 17.3 Å². The number of amides is 1. The van der Waals surface area contributed by atoms with Crippen molar-refractivity contribution in [3.05, 3.63) is 58.1 Å². The lowest BCUT2D eigenvalue weighted by atomic mass is 10.2. The van der Waals surface area contributed by atoms with Crippen LogP contribution in [0, 0.1) is 0 Å². The number of nitrogens with zero attached hydrogens (tertiary/aromatic N) is 1. The summed E-state index contributed by atoms with van der Waals surface area (Å²) in [5, 5.41) is 3.76. The van der Waals surface area contributed by atoms with Crippen molar-refractivity contribution in [2.45, 2.75) is 5.75 Å². The molecule has 1 aliphatic rings. The number of aliphatic imine (C=N–C) groups is 1. The molecule has 118 valence electrons. The molecule has 0 aromatic heterocycles. The quantitative estimate of drug-likeness (QED) is 0.750. The lowest BCUT2D eigenvalue weighted by Gasteiger charge is -2.14. The van der Waals surface area contributed by atoms with Gasteiger partial charge >= 0.3 is 0 Å². The van der Waals surface area contributed by atoms with Crippen molar-refractivity contribution in [1.82, 2.24) is 0 Å². The van der Waals surface area contributed by atoms with Gasteiger partial charge in [0.25, 0.3) is 0 Å². The van der Waals surface area contributed by atoms with E-state index in [-0.39, 0.29) is 11.7 Å². The fraction of sp³-hybridized carbons (Fsp3) is 0.125. The molecule has 1 N–H and O–H groups in total. The minimum atomic E-state index is -0.138. The average Bonchev–Trinajstić information content (AvgIpc) is 2.56. The van der Waals surface area contributed by atoms with Crippen LogP contribution >= 0.6 is 46.7 Å². The first-order chi connectivity index (χ1) is 11.1. The van der Waals surface area contributed by atoms with Crippen LogP contribution in [0.15, 0.2) is 47.5 Å². The third kappa shape index (κ3) is 4.44. The molecule has 0 radical (unpaired) electrons. The molecule has 2 aromatic carbocycles. The second-order valence-electron chi connectivity index (χ2n) is 4.76. The summed E-state index contributed by atoms with van der Waals surface area (Å²) in [4.78, 5) is 16.6. The van der Waals surface area contributed by atoms with Crippen LogP contribution in [0.1, 0.15) is 5.56 Å². The first kappa shape index (κ1) is 16.7. The Morgan fingerprint density at radius 1 is 1.26 bits per heavy atom. The zero-order chi connectivity index (χ0) is 16.2. The summed E-state index contributed by atoms with van der Waals surface area (Å²) in [7, 11) is 0. The highest BCUT2D eigenvalue weighted by Gasteiger charge is 2.14. The Labute approximate surface area is 152 Å². The van der Waals surface area contributed by atoms with E-state index >= 15 is 0 Å². The normalized spacial score (nSPS) is 13.2. The maximum Gasteiger partial charge on any atom is 0.234 e. The molecule has 7 heteroatoms. The van der Waals surface area contributed by atoms with Crippen LogP contribution in [0.3, 0.4) is 0 Å². The Morgan fingerprint density at radius 2 is 2.09 bits per heavy atom. The van der Waals surface area contributed by atoms with Crippen LogP contribution in [0.25, 0.3) is 0 Å². The molecule has 0 fully saturated rings. The number of benzene rings is 2. The minimum absolute atomic E-state index is 0.138. The van der Waals surface area contributed by atoms with Gasteiger partial charge in [-0.15, -0.1) is 0 Å². The highest BCUT2D eigenvalue weighted by Crippen LogP contribution is 2.34. The van der Waals surface area contributed by atoms with Gasteiger partial charge in [-0.1, -0.05) is 64.9 Å². The van der Waals surface area contributed by atoms with E-state index in [0.717, 1.165) is 15.8 Å². The summed E-state index contributed by atoms with van der Waals surface area (Å²) in [5.41, 5.74) is 2.72. The molecule has 1 aliphatic heterocycles. The largest absolute Gasteiger partial charge is 0.324 e. The predicted octanol–water partition coefficient (Wildman–Crippen LogP) is 5.60. The Balaban J connectivity index is 1.60. The molecule has 3 nitrogen and oxygen atoms in total. The molecule has 0 atom stereocenters. The SMILES string of the molecule is O=C(CSC1=Nc2ccccc2CS1)Nc1cc(Cl)ccc1Cl. The van der Waals surface area contributed by atoms with Crippen molar-refractivity contribution in [2.24, 2.45) is 4.99 Å². The van der Waals surface area contributed by atoms with Crippen LogP contribution in [-0.4, -0.2) is 16.0 Å². The van der Waals surface area contributed by atoms with Gasteiger partial charge in [0.15, 0.2) is 0 Å². The first-order valence-corrected chi connectivity index (χ1v) is 9.51. The fourth-order valence-corrected chi connectivity index (χ4v) is 4.19. The highest BCUT2D eigenvalue weighted by molar-refractivity contribution is 8.38. The molecular weight excluding hydrogens is 371 g/mol. The monoisotopic (exact) mass is 382 g/mol. The number of anilines is 1. The maximum absolute atomic E-state index is 12.1. The average molecular weight is 383 g/mol. The number of para-hydroxylation sites is 1. The molecule has 0 spiro atoms. The van der Waals surface area contributed by atoms with E-state index in [0.29, 0.717) is 15.7 Å². The topological polar surface area (TPSA) is 41.5 Å². The summed E-state index contributed by atoms with van der Waals surface area (Å²) >= 11 is 15.0. The van der Waals surface area contributed by atoms with Gasteiger partial charge in [0.1, 0.15) is 4.38 Å². The van der Waals surface area contributed by atoms with Gasteiger partial charge in [-0.25, -0.2) is 4.99 Å². The molecular formula is C16H12Cl2N2OS2. The van der Waals surface area contributed by atoms with Crippen LogP contribution < -0.4 is 5.32 Å². The van der Waals surface area contributed by atoms with Crippen LogP contribution in [0.4, 0.5) is 11.4 Å². The van der Waals surface area contributed by atoms with E-state index in [1.807, 2.05) is 18.2 Å². The molecule has 23 heavy (non-hydrogen) atoms. The van der Waals surface area contributed by atoms with Crippen molar-refractivity contribution in [2.75, 3.05) is 11.1 Å². The van der Waals surface area contributed by atoms with E-state index in [1.54, 1.807) is 30.0 Å². The van der Waals surface area contributed by atoms with E-state index in [2.05, 4.69) is 16.4 Å². The summed E-state index contributed by atoms with van der Waals surface area (Å²) in [6.07, 6.45) is 0. The number of hydrogen-bond acceptors (Lipinski definition) is 4. The zero-order valence-electron chi connectivity index (χ0n) is 11.9. The van der Waals surface area contributed by atoms with E-state index in [4.69, 9.17) is 23.2 Å². The second-order valence-corrected chi connectivity index (χ2v) is 7.79. The van der Waals surface area contributed by atoms with Crippen LogP contribution in [0.2, 0.25) is 10.0 Å². The number of hydrogen-bond donors (Lipinski definition) is 1. The summed E-state index contributed by atoms with van der Waals surface area (Å²) in [5.74, 6) is 1.02. The molecule has 0 saturated heterocycles. The Kier molecular flexibility index (Phi) is 5.54. The van der Waals surface area contributed by atoms with Crippen molar-refractivity contribution in [1.29, 1.82) is 0 Å². The van der Waals surface area contributed by atoms with Gasteiger partial charge in [0.2, 0.25) is 5.91 Å². The van der Waals surface area contributed by atoms with Crippen molar-refractivity contribution in [3.8, 4) is 0 Å². The van der Waals surface area contributed by atoms with Gasteiger partial charge < -0.3 is 5.32 Å². The number of nitrogens with one attached hydrogen (secondary N) is 1. The van der Waals surface area contributed by atoms with Crippen molar-refractivity contribution in [3.63, 3.8) is 0 Å². The molecule has 1 amide bonds. The van der Waals surface area contributed by atoms with Crippen molar-refractivity contribution < 1.29 is 4.79 Å². The smallest absolute Gasteiger partial charge is 0.234 e. The number of thioether (sulfide) groups is 2. The Hall–Kier alpha value is -1.14. The Morgan fingerprint density at radius 3 is 2.96 bits per heavy atom. The van der Waals surface area contributed by atoms with Gasteiger partial charge in [0, 0.05) is 10.8 Å². The zero-order valence-corrected chi connectivity index (χ0v) is 15.0. The van der Waals surface area contributed by atoms with Gasteiger partial charge in [-0.05, 0) is 29.8 Å². The Bertz CT molecular complexity index is 780. The minimum Gasteiger partial charge on any atom is -0.324 e. The molecule has 1 heterocycles. The number of halogens is 2. The van der Waals surface area contributed by atoms with Gasteiger partial charge in [-0.3, -0.25) is 4.79 Å². The first-order valence-electron chi connectivity index (χ1n) is 6.79. The lowest BCUT2D eigenvalue weighted by Crippen LogP contribution is -2.15. The number of fused-ring (bicyclic) bond motifs is 1. The van der Waals surface area contributed by atoms with E-state index in [9.17, 15) is 4.79 Å². The summed E-state index contributed by atoms with van der Waals surface area (Å²) in [6.45, 7) is 0. The lowest BCUT2D eigenvalue weighted by molar-refractivity contribution is -0.113. The van der Waals surface area contributed by atoms with Crippen LogP contribution in [-0.2, 0) is 10.5 Å².